The molecule has 0 saturated carbocycles. The van der Waals surface area contributed by atoms with E-state index in [9.17, 15) is 23.8 Å². The van der Waals surface area contributed by atoms with Crippen molar-refractivity contribution >= 4 is 11.4 Å². The van der Waals surface area contributed by atoms with Crippen LogP contribution in [0.1, 0.15) is 46.2 Å². The van der Waals surface area contributed by atoms with Gasteiger partial charge >= 0.3 is 0 Å². The average Bonchev–Trinajstić information content (AvgIpc) is 3.20. The van der Waals surface area contributed by atoms with Crippen LogP contribution in [-0.4, -0.2) is 32.0 Å². The lowest BCUT2D eigenvalue weighted by Gasteiger charge is -2.27. The van der Waals surface area contributed by atoms with E-state index in [4.69, 9.17) is 4.74 Å². The molecule has 35 heavy (non-hydrogen) atoms. The van der Waals surface area contributed by atoms with Crippen molar-refractivity contribution < 1.29 is 28.5 Å². The molecular formula is C27H26F2N2O4. The van der Waals surface area contributed by atoms with Gasteiger partial charge in [0.2, 0.25) is 0 Å². The standard InChI is InChI=1S/C27H26F2N2O4/c1-17-25(23(34)13-27(2,16-33)19-10-8-18(14-32)9-11-19)31-12-4-7-24(26(31)30-17)35-15-20-21(28)5-3-6-22(20)29/h3-12,32-33H,13-16H2,1-2H3/t27-/m0/s1. The second-order valence-corrected chi connectivity index (χ2v) is 8.77. The Morgan fingerprint density at radius 1 is 1.06 bits per heavy atom. The fourth-order valence-electron chi connectivity index (χ4n) is 4.12. The highest BCUT2D eigenvalue weighted by atomic mass is 19.1. The number of ether oxygens (including phenoxy) is 1. The van der Waals surface area contributed by atoms with Crippen molar-refractivity contribution in [2.24, 2.45) is 0 Å². The van der Waals surface area contributed by atoms with Gasteiger partial charge < -0.3 is 14.9 Å². The van der Waals surface area contributed by atoms with E-state index in [1.807, 2.05) is 0 Å². The number of imidazole rings is 1. The molecule has 0 bridgehead atoms. The highest BCUT2D eigenvalue weighted by Gasteiger charge is 2.31. The molecule has 0 unspecified atom stereocenters. The van der Waals surface area contributed by atoms with E-state index in [1.165, 1.54) is 6.07 Å². The first-order valence-corrected chi connectivity index (χ1v) is 11.1. The van der Waals surface area contributed by atoms with Crippen LogP contribution in [0.25, 0.3) is 5.65 Å². The quantitative estimate of drug-likeness (QED) is 0.344. The van der Waals surface area contributed by atoms with Crippen molar-refractivity contribution in [1.82, 2.24) is 9.38 Å². The first-order valence-electron chi connectivity index (χ1n) is 11.1. The lowest BCUT2D eigenvalue weighted by Crippen LogP contribution is -2.30. The summed E-state index contributed by atoms with van der Waals surface area (Å²) < 4.78 is 35.3. The molecule has 4 aromatic rings. The minimum absolute atomic E-state index is 0.0160. The van der Waals surface area contributed by atoms with Crippen molar-refractivity contribution in [2.45, 2.75) is 38.9 Å². The van der Waals surface area contributed by atoms with Crippen molar-refractivity contribution in [1.29, 1.82) is 0 Å². The number of aliphatic hydroxyl groups is 2. The number of carbonyl (C=O) groups is 1. The van der Waals surface area contributed by atoms with E-state index in [1.54, 1.807) is 60.8 Å². The van der Waals surface area contributed by atoms with Crippen molar-refractivity contribution in [3.63, 3.8) is 0 Å². The Labute approximate surface area is 201 Å². The van der Waals surface area contributed by atoms with E-state index in [0.717, 1.165) is 23.3 Å². The maximum absolute atomic E-state index is 14.0. The number of hydrogen-bond donors (Lipinski definition) is 2. The highest BCUT2D eigenvalue weighted by molar-refractivity contribution is 5.97. The third kappa shape index (κ3) is 4.80. The predicted octanol–water partition coefficient (Wildman–Crippen LogP) is 4.52. The number of carbonyl (C=O) groups excluding carboxylic acids is 1. The highest BCUT2D eigenvalue weighted by Crippen LogP contribution is 2.31. The molecule has 2 heterocycles. The van der Waals surface area contributed by atoms with Crippen LogP contribution in [0.5, 0.6) is 5.75 Å². The summed E-state index contributed by atoms with van der Waals surface area (Å²) in [4.78, 5) is 17.9. The van der Waals surface area contributed by atoms with Gasteiger partial charge in [0.1, 0.15) is 23.9 Å². The maximum Gasteiger partial charge on any atom is 0.182 e. The number of nitrogens with zero attached hydrogens (tertiary/aromatic N) is 2. The molecule has 0 saturated heterocycles. The molecule has 0 aliphatic heterocycles. The molecule has 2 aromatic carbocycles. The second kappa shape index (κ2) is 9.93. The molecule has 4 rings (SSSR count). The van der Waals surface area contributed by atoms with Crippen molar-refractivity contribution in [2.75, 3.05) is 6.61 Å². The number of halogens is 2. The number of ketones is 1. The molecule has 2 aromatic heterocycles. The third-order valence-electron chi connectivity index (χ3n) is 6.22. The molecular weight excluding hydrogens is 454 g/mol. The lowest BCUT2D eigenvalue weighted by atomic mass is 9.78. The van der Waals surface area contributed by atoms with Crippen LogP contribution in [-0.2, 0) is 18.6 Å². The van der Waals surface area contributed by atoms with Gasteiger partial charge in [0.05, 0.1) is 24.5 Å². The molecule has 2 N–H and O–H groups in total. The largest absolute Gasteiger partial charge is 0.485 e. The van der Waals surface area contributed by atoms with Gasteiger partial charge in [-0.3, -0.25) is 9.20 Å². The normalized spacial score (nSPS) is 13.1. The number of aromatic nitrogens is 2. The zero-order chi connectivity index (χ0) is 25.2. The summed E-state index contributed by atoms with van der Waals surface area (Å²) in [6.45, 7) is 2.82. The fourth-order valence-corrected chi connectivity index (χ4v) is 4.12. The second-order valence-electron chi connectivity index (χ2n) is 8.77. The Balaban J connectivity index is 1.63. The number of Topliss-reactive ketones (excluding diaryl/α,β-unsaturated/α-hetero) is 1. The van der Waals surface area contributed by atoms with Gasteiger partial charge in [-0.15, -0.1) is 0 Å². The van der Waals surface area contributed by atoms with Crippen LogP contribution in [0.2, 0.25) is 0 Å². The van der Waals surface area contributed by atoms with Crippen LogP contribution in [0, 0.1) is 18.6 Å². The summed E-state index contributed by atoms with van der Waals surface area (Å²) in [5, 5.41) is 19.4. The fraction of sp³-hybridized carbons (Fsp3) is 0.259. The Bertz CT molecular complexity index is 1350. The van der Waals surface area contributed by atoms with Gasteiger partial charge in [0.15, 0.2) is 17.2 Å². The number of hydrogen-bond acceptors (Lipinski definition) is 5. The SMILES string of the molecule is Cc1nc2c(OCc3c(F)cccc3F)cccn2c1C(=O)C[C@@](C)(CO)c1ccc(CO)cc1. The van der Waals surface area contributed by atoms with Gasteiger partial charge in [-0.25, -0.2) is 13.8 Å². The van der Waals surface area contributed by atoms with Gasteiger partial charge in [-0.05, 0) is 42.3 Å². The molecule has 182 valence electrons. The van der Waals surface area contributed by atoms with Crippen molar-refractivity contribution in [3.8, 4) is 5.75 Å². The molecule has 0 aliphatic carbocycles. The van der Waals surface area contributed by atoms with Crippen LogP contribution >= 0.6 is 0 Å². The van der Waals surface area contributed by atoms with Crippen LogP contribution in [0.3, 0.4) is 0 Å². The smallest absolute Gasteiger partial charge is 0.182 e. The number of fused-ring (bicyclic) bond motifs is 1. The third-order valence-corrected chi connectivity index (χ3v) is 6.22. The number of benzene rings is 2. The zero-order valence-electron chi connectivity index (χ0n) is 19.5. The number of aryl methyl sites for hydroxylation is 1. The topological polar surface area (TPSA) is 84.1 Å². The molecule has 8 heteroatoms. The van der Waals surface area contributed by atoms with E-state index >= 15 is 0 Å². The first-order chi connectivity index (χ1) is 16.8. The van der Waals surface area contributed by atoms with E-state index in [2.05, 4.69) is 4.98 Å². The summed E-state index contributed by atoms with van der Waals surface area (Å²) >= 11 is 0. The molecule has 0 spiro atoms. The monoisotopic (exact) mass is 480 g/mol. The van der Waals surface area contributed by atoms with E-state index < -0.39 is 17.0 Å². The summed E-state index contributed by atoms with van der Waals surface area (Å²) in [7, 11) is 0. The summed E-state index contributed by atoms with van der Waals surface area (Å²) in [5.41, 5.74) is 1.63. The minimum Gasteiger partial charge on any atom is -0.485 e. The number of rotatable bonds is 9. The van der Waals surface area contributed by atoms with Crippen molar-refractivity contribution in [3.05, 3.63) is 101 Å². The molecule has 6 nitrogen and oxygen atoms in total. The average molecular weight is 481 g/mol. The predicted molar refractivity (Wildman–Crippen MR) is 126 cm³/mol. The Hall–Kier alpha value is -3.62. The molecule has 0 amide bonds. The summed E-state index contributed by atoms with van der Waals surface area (Å²) in [5.74, 6) is -1.36. The van der Waals surface area contributed by atoms with Crippen LogP contribution in [0.4, 0.5) is 8.78 Å². The van der Waals surface area contributed by atoms with Crippen LogP contribution < -0.4 is 4.74 Å². The Kier molecular flexibility index (Phi) is 6.95. The van der Waals surface area contributed by atoms with Gasteiger partial charge in [0, 0.05) is 18.0 Å². The summed E-state index contributed by atoms with van der Waals surface area (Å²) in [6.07, 6.45) is 1.69. The lowest BCUT2D eigenvalue weighted by molar-refractivity contribution is 0.0912. The number of aliphatic hydroxyl groups excluding tert-OH is 2. The van der Waals surface area contributed by atoms with Gasteiger partial charge in [0.25, 0.3) is 0 Å². The molecule has 0 fully saturated rings. The molecule has 0 radical (unpaired) electrons. The summed E-state index contributed by atoms with van der Waals surface area (Å²) in [6, 6.07) is 14.0. The Morgan fingerprint density at radius 2 is 1.74 bits per heavy atom. The van der Waals surface area contributed by atoms with Gasteiger partial charge in [-0.2, -0.15) is 0 Å². The minimum atomic E-state index is -0.849. The molecule has 0 aliphatic rings. The van der Waals surface area contributed by atoms with Gasteiger partial charge in [-0.1, -0.05) is 37.3 Å². The van der Waals surface area contributed by atoms with E-state index in [-0.39, 0.29) is 43.3 Å². The first kappa shape index (κ1) is 24.5. The number of pyridine rings is 1. The maximum atomic E-state index is 14.0. The van der Waals surface area contributed by atoms with E-state index in [0.29, 0.717) is 17.0 Å². The van der Waals surface area contributed by atoms with Crippen LogP contribution in [0.15, 0.2) is 60.8 Å². The zero-order valence-corrected chi connectivity index (χ0v) is 19.5. The molecule has 1 atom stereocenters. The Morgan fingerprint density at radius 3 is 2.37 bits per heavy atom.